The van der Waals surface area contributed by atoms with Crippen LogP contribution >= 0.6 is 11.8 Å². The molecule has 1 heterocycles. The summed E-state index contributed by atoms with van der Waals surface area (Å²) < 4.78 is 0. The van der Waals surface area contributed by atoms with Crippen LogP contribution in [0.4, 0.5) is 5.82 Å². The van der Waals surface area contributed by atoms with Gasteiger partial charge in [0.1, 0.15) is 5.82 Å². The number of nitrogens with zero attached hydrogens (tertiary/aromatic N) is 1. The Morgan fingerprint density at radius 3 is 2.75 bits per heavy atom. The molecule has 4 heteroatoms. The average molecular weight is 231 g/mol. The molecule has 2 aromatic rings. The zero-order valence-corrected chi connectivity index (χ0v) is 9.63. The van der Waals surface area contributed by atoms with Crippen molar-refractivity contribution in [1.29, 1.82) is 0 Å². The van der Waals surface area contributed by atoms with E-state index in [1.54, 1.807) is 6.20 Å². The molecule has 0 atom stereocenters. The number of hydrogen-bond donors (Lipinski definition) is 2. The van der Waals surface area contributed by atoms with Crippen molar-refractivity contribution in [3.05, 3.63) is 30.5 Å². The van der Waals surface area contributed by atoms with Gasteiger partial charge in [0.15, 0.2) is 0 Å². The third-order valence-electron chi connectivity index (χ3n) is 2.66. The third-order valence-corrected chi connectivity index (χ3v) is 4.08. The van der Waals surface area contributed by atoms with Crippen LogP contribution in [0.5, 0.6) is 0 Å². The van der Waals surface area contributed by atoms with Crippen LogP contribution in [0.2, 0.25) is 0 Å². The van der Waals surface area contributed by atoms with Crippen molar-refractivity contribution in [2.45, 2.75) is 23.0 Å². The summed E-state index contributed by atoms with van der Waals surface area (Å²) in [6.45, 7) is 0. The number of rotatable bonds is 3. The molecule has 16 heavy (non-hydrogen) atoms. The maximum Gasteiger partial charge on any atom is 0.126 e. The van der Waals surface area contributed by atoms with Gasteiger partial charge in [0.05, 0.1) is 6.20 Å². The van der Waals surface area contributed by atoms with Crippen LogP contribution < -0.4 is 5.73 Å². The highest BCUT2D eigenvalue weighted by molar-refractivity contribution is 8.00. The predicted molar refractivity (Wildman–Crippen MR) is 67.3 cm³/mol. The van der Waals surface area contributed by atoms with Gasteiger partial charge in [-0.15, -0.1) is 11.8 Å². The van der Waals surface area contributed by atoms with Crippen molar-refractivity contribution < 1.29 is 0 Å². The second kappa shape index (κ2) is 3.87. The predicted octanol–water partition coefficient (Wildman–Crippen LogP) is 2.91. The molecule has 3 nitrogen and oxygen atoms in total. The van der Waals surface area contributed by atoms with E-state index < -0.39 is 0 Å². The maximum atomic E-state index is 5.86. The summed E-state index contributed by atoms with van der Waals surface area (Å²) in [6.07, 6.45) is 4.46. The van der Waals surface area contributed by atoms with E-state index >= 15 is 0 Å². The summed E-state index contributed by atoms with van der Waals surface area (Å²) in [5, 5.41) is 7.56. The molecule has 0 unspecified atom stereocenters. The number of thioether (sulfide) groups is 1. The van der Waals surface area contributed by atoms with Gasteiger partial charge in [-0.3, -0.25) is 5.10 Å². The zero-order valence-electron chi connectivity index (χ0n) is 8.81. The Morgan fingerprint density at radius 2 is 2.06 bits per heavy atom. The molecule has 3 N–H and O–H groups in total. The second-order valence-corrected chi connectivity index (χ2v) is 5.35. The van der Waals surface area contributed by atoms with Gasteiger partial charge in [0.2, 0.25) is 0 Å². The Bertz CT molecular complexity index is 502. The Labute approximate surface area is 98.4 Å². The third kappa shape index (κ3) is 1.80. The molecule has 82 valence electrons. The van der Waals surface area contributed by atoms with Crippen molar-refractivity contribution in [1.82, 2.24) is 10.2 Å². The lowest BCUT2D eigenvalue weighted by atomic mass is 10.1. The number of aromatic amines is 1. The number of H-pyrrole nitrogens is 1. The van der Waals surface area contributed by atoms with Crippen molar-refractivity contribution in [2.75, 3.05) is 5.73 Å². The fourth-order valence-corrected chi connectivity index (χ4v) is 2.86. The number of benzene rings is 1. The molecule has 0 bridgehead atoms. The minimum Gasteiger partial charge on any atom is -0.384 e. The van der Waals surface area contributed by atoms with Gasteiger partial charge in [-0.2, -0.15) is 5.10 Å². The summed E-state index contributed by atoms with van der Waals surface area (Å²) in [7, 11) is 0. The molecule has 0 saturated heterocycles. The van der Waals surface area contributed by atoms with Gasteiger partial charge in [-0.1, -0.05) is 18.2 Å². The second-order valence-electron chi connectivity index (χ2n) is 4.01. The van der Waals surface area contributed by atoms with Crippen LogP contribution in [0, 0.1) is 0 Å². The van der Waals surface area contributed by atoms with Crippen LogP contribution in [-0.2, 0) is 0 Å². The molecular weight excluding hydrogens is 218 g/mol. The van der Waals surface area contributed by atoms with Crippen molar-refractivity contribution in [3.8, 4) is 11.1 Å². The first-order valence-electron chi connectivity index (χ1n) is 5.39. The van der Waals surface area contributed by atoms with E-state index in [2.05, 4.69) is 28.4 Å². The van der Waals surface area contributed by atoms with Crippen LogP contribution in [-0.4, -0.2) is 15.4 Å². The van der Waals surface area contributed by atoms with Gasteiger partial charge in [-0.05, 0) is 18.9 Å². The Morgan fingerprint density at radius 1 is 1.25 bits per heavy atom. The molecule has 0 radical (unpaired) electrons. The fraction of sp³-hybridized carbons (Fsp3) is 0.250. The topological polar surface area (TPSA) is 54.7 Å². The molecule has 1 aliphatic carbocycles. The van der Waals surface area contributed by atoms with E-state index in [-0.39, 0.29) is 0 Å². The number of hydrogen-bond acceptors (Lipinski definition) is 3. The van der Waals surface area contributed by atoms with E-state index in [4.69, 9.17) is 5.73 Å². The minimum absolute atomic E-state index is 0.642. The van der Waals surface area contributed by atoms with Crippen LogP contribution in [0.3, 0.4) is 0 Å². The Balaban J connectivity index is 2.01. The molecule has 0 spiro atoms. The van der Waals surface area contributed by atoms with E-state index in [9.17, 15) is 0 Å². The number of anilines is 1. The molecule has 1 fully saturated rings. The summed E-state index contributed by atoms with van der Waals surface area (Å²) in [5.74, 6) is 0.642. The SMILES string of the molecule is Nc1[nH]ncc1-c1ccccc1SC1CC1. The molecule has 0 aliphatic heterocycles. The lowest BCUT2D eigenvalue weighted by Crippen LogP contribution is -1.89. The zero-order chi connectivity index (χ0) is 11.0. The molecular formula is C12H13N3S. The minimum atomic E-state index is 0.642. The molecule has 0 amide bonds. The van der Waals surface area contributed by atoms with E-state index in [1.165, 1.54) is 23.3 Å². The van der Waals surface area contributed by atoms with Gasteiger partial charge < -0.3 is 5.73 Å². The Hall–Kier alpha value is -1.42. The maximum absolute atomic E-state index is 5.86. The lowest BCUT2D eigenvalue weighted by molar-refractivity contribution is 1.10. The largest absolute Gasteiger partial charge is 0.384 e. The van der Waals surface area contributed by atoms with E-state index in [0.29, 0.717) is 5.82 Å². The highest BCUT2D eigenvalue weighted by Crippen LogP contribution is 2.43. The van der Waals surface area contributed by atoms with Crippen molar-refractivity contribution >= 4 is 17.6 Å². The summed E-state index contributed by atoms with van der Waals surface area (Å²) in [4.78, 5) is 1.30. The first-order chi connectivity index (χ1) is 7.84. The first-order valence-corrected chi connectivity index (χ1v) is 6.27. The smallest absolute Gasteiger partial charge is 0.126 e. The number of aromatic nitrogens is 2. The van der Waals surface area contributed by atoms with Crippen molar-refractivity contribution in [2.24, 2.45) is 0 Å². The number of nitrogens with two attached hydrogens (primary N) is 1. The van der Waals surface area contributed by atoms with Crippen LogP contribution in [0.1, 0.15) is 12.8 Å². The van der Waals surface area contributed by atoms with Gasteiger partial charge >= 0.3 is 0 Å². The normalized spacial score (nSPS) is 15.2. The quantitative estimate of drug-likeness (QED) is 0.854. The molecule has 1 aromatic carbocycles. The van der Waals surface area contributed by atoms with E-state index in [1.807, 2.05) is 17.8 Å². The molecule has 1 aliphatic rings. The standard InChI is InChI=1S/C12H13N3S/c13-12-10(7-14-15-12)9-3-1-2-4-11(9)16-8-5-6-8/h1-4,7-8H,5-6H2,(H3,13,14,15). The highest BCUT2D eigenvalue weighted by Gasteiger charge is 2.24. The van der Waals surface area contributed by atoms with Gasteiger partial charge in [-0.25, -0.2) is 0 Å². The molecule has 3 rings (SSSR count). The van der Waals surface area contributed by atoms with E-state index in [0.717, 1.165) is 10.8 Å². The first kappa shape index (κ1) is 9.78. The summed E-state index contributed by atoms with van der Waals surface area (Å²) in [5.41, 5.74) is 8.05. The monoisotopic (exact) mass is 231 g/mol. The number of nitrogens with one attached hydrogen (secondary N) is 1. The van der Waals surface area contributed by atoms with Crippen LogP contribution in [0.25, 0.3) is 11.1 Å². The Kier molecular flexibility index (Phi) is 2.36. The van der Waals surface area contributed by atoms with Crippen LogP contribution in [0.15, 0.2) is 35.4 Å². The van der Waals surface area contributed by atoms with Gasteiger partial charge in [0.25, 0.3) is 0 Å². The van der Waals surface area contributed by atoms with Gasteiger partial charge in [0, 0.05) is 21.3 Å². The molecule has 1 saturated carbocycles. The summed E-state index contributed by atoms with van der Waals surface area (Å²) in [6, 6.07) is 8.37. The van der Waals surface area contributed by atoms with Crippen molar-refractivity contribution in [3.63, 3.8) is 0 Å². The number of nitrogen functional groups attached to an aromatic ring is 1. The molecule has 1 aromatic heterocycles. The average Bonchev–Trinajstić information content (AvgIpc) is 3.00. The summed E-state index contributed by atoms with van der Waals surface area (Å²) >= 11 is 1.95. The fourth-order valence-electron chi connectivity index (χ4n) is 1.67. The lowest BCUT2D eigenvalue weighted by Gasteiger charge is -2.07. The highest BCUT2D eigenvalue weighted by atomic mass is 32.2.